The predicted molar refractivity (Wildman–Crippen MR) is 58.2 cm³/mol. The third kappa shape index (κ3) is 3.73. The Labute approximate surface area is 92.6 Å². The third-order valence-corrected chi connectivity index (χ3v) is 2.28. The van der Waals surface area contributed by atoms with Gasteiger partial charge in [-0.3, -0.25) is 0 Å². The second-order valence-electron chi connectivity index (χ2n) is 3.63. The van der Waals surface area contributed by atoms with Gasteiger partial charge in [0.05, 0.1) is 5.56 Å². The molecule has 0 aliphatic rings. The largest absolute Gasteiger partial charge is 0.416 e. The highest BCUT2D eigenvalue weighted by Gasteiger charge is 2.30. The van der Waals surface area contributed by atoms with Crippen molar-refractivity contribution in [1.29, 1.82) is 0 Å². The summed E-state index contributed by atoms with van der Waals surface area (Å²) in [7, 11) is 0. The molecule has 1 unspecified atom stereocenters. The Kier molecular flexibility index (Phi) is 4.18. The van der Waals surface area contributed by atoms with Crippen LogP contribution in [-0.2, 0) is 6.18 Å². The van der Waals surface area contributed by atoms with Crippen molar-refractivity contribution in [3.63, 3.8) is 0 Å². The maximum Gasteiger partial charge on any atom is 0.416 e. The molecule has 5 heteroatoms. The van der Waals surface area contributed by atoms with E-state index in [1.807, 2.05) is 6.92 Å². The van der Waals surface area contributed by atoms with Crippen LogP contribution in [0.25, 0.3) is 0 Å². The van der Waals surface area contributed by atoms with Crippen molar-refractivity contribution in [3.8, 4) is 0 Å². The summed E-state index contributed by atoms with van der Waals surface area (Å²) in [5.74, 6) is 0. The Morgan fingerprint density at radius 3 is 2.62 bits per heavy atom. The van der Waals surface area contributed by atoms with Crippen molar-refractivity contribution >= 4 is 5.69 Å². The van der Waals surface area contributed by atoms with Gasteiger partial charge >= 0.3 is 6.18 Å². The Morgan fingerprint density at radius 1 is 1.38 bits per heavy atom. The number of nitrogens with one attached hydrogen (secondary N) is 1. The lowest BCUT2D eigenvalue weighted by atomic mass is 10.2. The standard InChI is InChI=1S/C11H15F3N2/c1-2-9(15)7-16-10-5-3-4-8(6-10)11(12,13)14/h3-6,9,16H,2,7,15H2,1H3. The average Bonchev–Trinajstić information content (AvgIpc) is 2.25. The normalized spacial score (nSPS) is 13.6. The summed E-state index contributed by atoms with van der Waals surface area (Å²) >= 11 is 0. The van der Waals surface area contributed by atoms with Gasteiger partial charge < -0.3 is 11.1 Å². The van der Waals surface area contributed by atoms with Gasteiger partial charge in [-0.2, -0.15) is 13.2 Å². The fourth-order valence-corrected chi connectivity index (χ4v) is 1.20. The van der Waals surface area contributed by atoms with Gasteiger partial charge in [0.2, 0.25) is 0 Å². The monoisotopic (exact) mass is 232 g/mol. The highest BCUT2D eigenvalue weighted by Crippen LogP contribution is 2.30. The highest BCUT2D eigenvalue weighted by atomic mass is 19.4. The Bertz CT molecular complexity index is 336. The Morgan fingerprint density at radius 2 is 2.06 bits per heavy atom. The summed E-state index contributed by atoms with van der Waals surface area (Å²) in [6, 6.07) is 5.06. The average molecular weight is 232 g/mol. The van der Waals surface area contributed by atoms with Crippen LogP contribution >= 0.6 is 0 Å². The SMILES string of the molecule is CCC(N)CNc1cccc(C(F)(F)F)c1. The van der Waals surface area contributed by atoms with Crippen molar-refractivity contribution in [2.45, 2.75) is 25.6 Å². The Balaban J connectivity index is 2.68. The smallest absolute Gasteiger partial charge is 0.383 e. The summed E-state index contributed by atoms with van der Waals surface area (Å²) in [5, 5.41) is 2.88. The van der Waals surface area contributed by atoms with E-state index in [9.17, 15) is 13.2 Å². The molecule has 0 saturated heterocycles. The zero-order valence-electron chi connectivity index (χ0n) is 9.01. The van der Waals surface area contributed by atoms with Gasteiger partial charge in [0.1, 0.15) is 0 Å². The van der Waals surface area contributed by atoms with E-state index >= 15 is 0 Å². The summed E-state index contributed by atoms with van der Waals surface area (Å²) < 4.78 is 37.1. The first kappa shape index (κ1) is 12.8. The van der Waals surface area contributed by atoms with Gasteiger partial charge in [-0.15, -0.1) is 0 Å². The van der Waals surface area contributed by atoms with Gasteiger partial charge in [0.15, 0.2) is 0 Å². The van der Waals surface area contributed by atoms with E-state index in [1.54, 1.807) is 6.07 Å². The molecule has 2 nitrogen and oxygen atoms in total. The maximum absolute atomic E-state index is 12.4. The zero-order chi connectivity index (χ0) is 12.2. The Hall–Kier alpha value is -1.23. The lowest BCUT2D eigenvalue weighted by Gasteiger charge is -2.13. The molecule has 1 aromatic rings. The molecular weight excluding hydrogens is 217 g/mol. The van der Waals surface area contributed by atoms with E-state index in [0.717, 1.165) is 18.6 Å². The van der Waals surface area contributed by atoms with E-state index in [1.165, 1.54) is 6.07 Å². The number of benzene rings is 1. The minimum absolute atomic E-state index is 0.0467. The molecule has 3 N–H and O–H groups in total. The van der Waals surface area contributed by atoms with Crippen LogP contribution in [0, 0.1) is 0 Å². The van der Waals surface area contributed by atoms with Gasteiger partial charge in [0, 0.05) is 18.3 Å². The number of hydrogen-bond donors (Lipinski definition) is 2. The zero-order valence-corrected chi connectivity index (χ0v) is 9.01. The number of hydrogen-bond acceptors (Lipinski definition) is 2. The van der Waals surface area contributed by atoms with Crippen LogP contribution in [0.2, 0.25) is 0 Å². The number of halogens is 3. The molecule has 0 aromatic heterocycles. The van der Waals surface area contributed by atoms with Crippen LogP contribution in [0.5, 0.6) is 0 Å². The molecule has 90 valence electrons. The van der Waals surface area contributed by atoms with Gasteiger partial charge in [-0.25, -0.2) is 0 Å². The lowest BCUT2D eigenvalue weighted by Crippen LogP contribution is -2.28. The molecule has 1 rings (SSSR count). The fraction of sp³-hybridized carbons (Fsp3) is 0.455. The molecule has 0 spiro atoms. The first-order valence-electron chi connectivity index (χ1n) is 5.10. The number of alkyl halides is 3. The van der Waals surface area contributed by atoms with Crippen molar-refractivity contribution in [1.82, 2.24) is 0 Å². The van der Waals surface area contributed by atoms with E-state index < -0.39 is 11.7 Å². The van der Waals surface area contributed by atoms with E-state index in [0.29, 0.717) is 12.2 Å². The van der Waals surface area contributed by atoms with Gasteiger partial charge in [-0.05, 0) is 24.6 Å². The van der Waals surface area contributed by atoms with Crippen molar-refractivity contribution in [2.75, 3.05) is 11.9 Å². The van der Waals surface area contributed by atoms with Crippen LogP contribution in [0.1, 0.15) is 18.9 Å². The summed E-state index contributed by atoms with van der Waals surface area (Å²) in [5.41, 5.74) is 5.45. The highest BCUT2D eigenvalue weighted by molar-refractivity contribution is 5.46. The minimum Gasteiger partial charge on any atom is -0.383 e. The summed E-state index contributed by atoms with van der Waals surface area (Å²) in [4.78, 5) is 0. The van der Waals surface area contributed by atoms with Gasteiger partial charge in [-0.1, -0.05) is 13.0 Å². The molecule has 1 aromatic carbocycles. The molecule has 0 radical (unpaired) electrons. The number of anilines is 1. The number of nitrogens with two attached hydrogens (primary N) is 1. The number of rotatable bonds is 4. The van der Waals surface area contributed by atoms with Crippen molar-refractivity contribution < 1.29 is 13.2 Å². The molecular formula is C11H15F3N2. The molecule has 1 atom stereocenters. The minimum atomic E-state index is -4.30. The van der Waals surface area contributed by atoms with Crippen molar-refractivity contribution in [3.05, 3.63) is 29.8 Å². The molecule has 0 bridgehead atoms. The molecule has 0 aliphatic carbocycles. The van der Waals surface area contributed by atoms with Crippen LogP contribution in [0.15, 0.2) is 24.3 Å². The molecule has 16 heavy (non-hydrogen) atoms. The fourth-order valence-electron chi connectivity index (χ4n) is 1.20. The lowest BCUT2D eigenvalue weighted by molar-refractivity contribution is -0.137. The predicted octanol–water partition coefficient (Wildman–Crippen LogP) is 2.85. The van der Waals surface area contributed by atoms with Crippen molar-refractivity contribution in [2.24, 2.45) is 5.73 Å². The van der Waals surface area contributed by atoms with Gasteiger partial charge in [0.25, 0.3) is 0 Å². The second-order valence-corrected chi connectivity index (χ2v) is 3.63. The van der Waals surface area contributed by atoms with E-state index in [-0.39, 0.29) is 6.04 Å². The second kappa shape index (κ2) is 5.21. The molecule has 0 amide bonds. The maximum atomic E-state index is 12.4. The quantitative estimate of drug-likeness (QED) is 0.837. The molecule has 0 saturated carbocycles. The van der Waals surface area contributed by atoms with Crippen LogP contribution in [0.4, 0.5) is 18.9 Å². The van der Waals surface area contributed by atoms with Crippen LogP contribution < -0.4 is 11.1 Å². The summed E-state index contributed by atoms with van der Waals surface area (Å²) in [6.45, 7) is 2.40. The molecule has 0 heterocycles. The van der Waals surface area contributed by atoms with E-state index in [4.69, 9.17) is 5.73 Å². The van der Waals surface area contributed by atoms with Crippen LogP contribution in [-0.4, -0.2) is 12.6 Å². The first-order valence-corrected chi connectivity index (χ1v) is 5.10. The third-order valence-electron chi connectivity index (χ3n) is 2.28. The first-order chi connectivity index (χ1) is 7.43. The molecule has 0 aliphatic heterocycles. The summed E-state index contributed by atoms with van der Waals surface area (Å²) in [6.07, 6.45) is -3.52. The van der Waals surface area contributed by atoms with E-state index in [2.05, 4.69) is 5.32 Å². The topological polar surface area (TPSA) is 38.0 Å². The van der Waals surface area contributed by atoms with Crippen LogP contribution in [0.3, 0.4) is 0 Å². The molecule has 0 fully saturated rings.